The number of hydrogen-bond acceptors (Lipinski definition) is 6. The average molecular weight is 447 g/mol. The van der Waals surface area contributed by atoms with Crippen molar-refractivity contribution in [3.63, 3.8) is 0 Å². The lowest BCUT2D eigenvalue weighted by Gasteiger charge is -2.26. The molecule has 1 saturated heterocycles. The van der Waals surface area contributed by atoms with Gasteiger partial charge in [0.25, 0.3) is 0 Å². The van der Waals surface area contributed by atoms with Gasteiger partial charge < -0.3 is 15.8 Å². The van der Waals surface area contributed by atoms with E-state index in [-0.39, 0.29) is 23.0 Å². The number of piperidine rings is 1. The zero-order chi connectivity index (χ0) is 21.4. The molecule has 0 aromatic heterocycles. The Labute approximate surface area is 176 Å². The highest BCUT2D eigenvalue weighted by atomic mass is 35.5. The van der Waals surface area contributed by atoms with Crippen molar-refractivity contribution in [3.05, 3.63) is 23.2 Å². The molecule has 0 saturated carbocycles. The molecular weight excluding hydrogens is 420 g/mol. The summed E-state index contributed by atoms with van der Waals surface area (Å²) in [7, 11) is -2.23. The Morgan fingerprint density at radius 1 is 1.24 bits per heavy atom. The van der Waals surface area contributed by atoms with Crippen molar-refractivity contribution >= 4 is 39.1 Å². The summed E-state index contributed by atoms with van der Waals surface area (Å²) in [5.74, 6) is -0.971. The van der Waals surface area contributed by atoms with E-state index in [0.717, 1.165) is 19.3 Å². The van der Waals surface area contributed by atoms with Gasteiger partial charge in [0.05, 0.1) is 24.7 Å². The topological polar surface area (TPSA) is 122 Å². The van der Waals surface area contributed by atoms with Crippen LogP contribution in [-0.2, 0) is 24.3 Å². The molecule has 0 bridgehead atoms. The van der Waals surface area contributed by atoms with Crippen molar-refractivity contribution in [1.29, 1.82) is 0 Å². The predicted octanol–water partition coefficient (Wildman–Crippen LogP) is 0.887. The van der Waals surface area contributed by atoms with E-state index in [1.807, 2.05) is 0 Å². The summed E-state index contributed by atoms with van der Waals surface area (Å²) in [5.41, 5.74) is 5.52. The van der Waals surface area contributed by atoms with Crippen LogP contribution in [0.3, 0.4) is 0 Å². The van der Waals surface area contributed by atoms with Crippen LogP contribution in [0.15, 0.2) is 23.1 Å². The lowest BCUT2D eigenvalue weighted by atomic mass is 10.2. The Morgan fingerprint density at radius 2 is 1.93 bits per heavy atom. The SMILES string of the molecule is COCCN(CC(N)=O)CC(=O)Nc1ccc(Cl)c(S(=O)(=O)N2CCCCC2)c1. The van der Waals surface area contributed by atoms with E-state index in [4.69, 9.17) is 22.1 Å². The third-order valence-corrected chi connectivity index (χ3v) is 6.89. The van der Waals surface area contributed by atoms with Crippen LogP contribution in [0.2, 0.25) is 5.02 Å². The van der Waals surface area contributed by atoms with Crippen LogP contribution in [0.5, 0.6) is 0 Å². The quantitative estimate of drug-likeness (QED) is 0.550. The molecule has 1 aromatic rings. The van der Waals surface area contributed by atoms with Crippen LogP contribution in [0.25, 0.3) is 0 Å². The number of halogens is 1. The average Bonchev–Trinajstić information content (AvgIpc) is 2.67. The number of nitrogens with one attached hydrogen (secondary N) is 1. The number of sulfonamides is 1. The Balaban J connectivity index is 2.12. The van der Waals surface area contributed by atoms with Gasteiger partial charge in [-0.2, -0.15) is 4.31 Å². The number of carbonyl (C=O) groups excluding carboxylic acids is 2. The van der Waals surface area contributed by atoms with Gasteiger partial charge in [0, 0.05) is 32.4 Å². The summed E-state index contributed by atoms with van der Waals surface area (Å²) in [4.78, 5) is 25.1. The number of carbonyl (C=O) groups is 2. The first-order valence-corrected chi connectivity index (χ1v) is 11.1. The van der Waals surface area contributed by atoms with Gasteiger partial charge in [-0.1, -0.05) is 18.0 Å². The maximum Gasteiger partial charge on any atom is 0.244 e. The highest BCUT2D eigenvalue weighted by Gasteiger charge is 2.28. The molecule has 1 aliphatic rings. The molecule has 1 fully saturated rings. The predicted molar refractivity (Wildman–Crippen MR) is 110 cm³/mol. The highest BCUT2D eigenvalue weighted by Crippen LogP contribution is 2.29. The number of amides is 2. The van der Waals surface area contributed by atoms with E-state index in [1.165, 1.54) is 29.6 Å². The van der Waals surface area contributed by atoms with Gasteiger partial charge in [-0.25, -0.2) is 8.42 Å². The third kappa shape index (κ3) is 6.93. The number of nitrogens with zero attached hydrogens (tertiary/aromatic N) is 2. The zero-order valence-corrected chi connectivity index (χ0v) is 18.0. The summed E-state index contributed by atoms with van der Waals surface area (Å²) in [5, 5.41) is 2.75. The van der Waals surface area contributed by atoms with Crippen molar-refractivity contribution in [3.8, 4) is 0 Å². The number of nitrogens with two attached hydrogens (primary N) is 1. The second-order valence-corrected chi connectivity index (χ2v) is 9.14. The smallest absolute Gasteiger partial charge is 0.244 e. The molecule has 1 aliphatic heterocycles. The van der Waals surface area contributed by atoms with Gasteiger partial charge in [-0.05, 0) is 31.0 Å². The van der Waals surface area contributed by atoms with Crippen LogP contribution in [0.1, 0.15) is 19.3 Å². The first-order valence-electron chi connectivity index (χ1n) is 9.33. The fourth-order valence-electron chi connectivity index (χ4n) is 3.08. The van der Waals surface area contributed by atoms with E-state index >= 15 is 0 Å². The molecule has 11 heteroatoms. The summed E-state index contributed by atoms with van der Waals surface area (Å²) in [6.07, 6.45) is 2.62. The van der Waals surface area contributed by atoms with Crippen molar-refractivity contribution < 1.29 is 22.7 Å². The number of benzene rings is 1. The Morgan fingerprint density at radius 3 is 2.55 bits per heavy atom. The molecule has 29 heavy (non-hydrogen) atoms. The monoisotopic (exact) mass is 446 g/mol. The van der Waals surface area contributed by atoms with Crippen molar-refractivity contribution in [2.75, 3.05) is 51.8 Å². The van der Waals surface area contributed by atoms with Crippen LogP contribution >= 0.6 is 11.6 Å². The number of methoxy groups -OCH3 is 1. The van der Waals surface area contributed by atoms with Crippen molar-refractivity contribution in [2.24, 2.45) is 5.73 Å². The number of anilines is 1. The van der Waals surface area contributed by atoms with Gasteiger partial charge >= 0.3 is 0 Å². The summed E-state index contributed by atoms with van der Waals surface area (Å²) in [6.45, 7) is 1.41. The molecule has 0 unspecified atom stereocenters. The fraction of sp³-hybridized carbons (Fsp3) is 0.556. The zero-order valence-electron chi connectivity index (χ0n) is 16.4. The summed E-state index contributed by atoms with van der Waals surface area (Å²) >= 11 is 6.14. The van der Waals surface area contributed by atoms with E-state index in [9.17, 15) is 18.0 Å². The van der Waals surface area contributed by atoms with Gasteiger partial charge in [-0.3, -0.25) is 14.5 Å². The second-order valence-electron chi connectivity index (χ2n) is 6.83. The van der Waals surface area contributed by atoms with E-state index < -0.39 is 21.8 Å². The summed E-state index contributed by atoms with van der Waals surface area (Å²) < 4.78 is 32.2. The largest absolute Gasteiger partial charge is 0.383 e. The van der Waals surface area contributed by atoms with Crippen molar-refractivity contribution in [2.45, 2.75) is 24.2 Å². The number of rotatable bonds is 10. The maximum absolute atomic E-state index is 12.9. The molecular formula is C18H27ClN4O5S. The fourth-order valence-corrected chi connectivity index (χ4v) is 5.10. The van der Waals surface area contributed by atoms with Crippen LogP contribution < -0.4 is 11.1 Å². The number of primary amides is 1. The summed E-state index contributed by atoms with van der Waals surface area (Å²) in [6, 6.07) is 4.33. The molecule has 0 spiro atoms. The maximum atomic E-state index is 12.9. The van der Waals surface area contributed by atoms with Gasteiger partial charge in [0.2, 0.25) is 21.8 Å². The minimum atomic E-state index is -3.74. The molecule has 9 nitrogen and oxygen atoms in total. The van der Waals surface area contributed by atoms with Crippen LogP contribution in [0.4, 0.5) is 5.69 Å². The lowest BCUT2D eigenvalue weighted by Crippen LogP contribution is -2.40. The molecule has 0 radical (unpaired) electrons. The molecule has 2 rings (SSSR count). The Kier molecular flexibility index (Phi) is 8.84. The van der Waals surface area contributed by atoms with E-state index in [1.54, 1.807) is 4.90 Å². The molecule has 2 amide bonds. The highest BCUT2D eigenvalue weighted by molar-refractivity contribution is 7.89. The standard InChI is InChI=1S/C18H27ClN4O5S/c1-28-10-9-22(12-17(20)24)13-18(25)21-14-5-6-15(19)16(11-14)29(26,27)23-7-3-2-4-8-23/h5-6,11H,2-4,7-10,12-13H2,1H3,(H2,20,24)(H,21,25). The lowest BCUT2D eigenvalue weighted by molar-refractivity contribution is -0.121. The van der Waals surface area contributed by atoms with Crippen LogP contribution in [-0.4, -0.2) is 75.9 Å². The molecule has 1 heterocycles. The normalized spacial score (nSPS) is 15.4. The molecule has 0 aliphatic carbocycles. The van der Waals surface area contributed by atoms with Crippen LogP contribution in [0, 0.1) is 0 Å². The Hall–Kier alpha value is -1.72. The Bertz CT molecular complexity index is 828. The third-order valence-electron chi connectivity index (χ3n) is 4.51. The minimum Gasteiger partial charge on any atom is -0.383 e. The first kappa shape index (κ1) is 23.6. The molecule has 3 N–H and O–H groups in total. The first-order chi connectivity index (χ1) is 13.7. The van der Waals surface area contributed by atoms with Gasteiger partial charge in [-0.15, -0.1) is 0 Å². The minimum absolute atomic E-state index is 0.0350. The van der Waals surface area contributed by atoms with E-state index in [2.05, 4.69) is 5.32 Å². The van der Waals surface area contributed by atoms with E-state index in [0.29, 0.717) is 31.9 Å². The number of hydrogen-bond donors (Lipinski definition) is 2. The van der Waals surface area contributed by atoms with Gasteiger partial charge in [0.1, 0.15) is 4.90 Å². The van der Waals surface area contributed by atoms with Gasteiger partial charge in [0.15, 0.2) is 0 Å². The van der Waals surface area contributed by atoms with Crippen molar-refractivity contribution in [1.82, 2.24) is 9.21 Å². The molecule has 0 atom stereocenters. The second kappa shape index (κ2) is 10.9. The molecule has 1 aromatic carbocycles. The molecule has 162 valence electrons. The number of ether oxygens (including phenoxy) is 1.